The van der Waals surface area contributed by atoms with Gasteiger partial charge in [0.2, 0.25) is 5.91 Å². The first-order valence-corrected chi connectivity index (χ1v) is 13.8. The molecule has 0 saturated heterocycles. The zero-order valence-electron chi connectivity index (χ0n) is 21.7. The number of rotatable bonds is 4. The van der Waals surface area contributed by atoms with Crippen molar-refractivity contribution in [1.82, 2.24) is 4.98 Å². The van der Waals surface area contributed by atoms with Crippen molar-refractivity contribution in [3.8, 4) is 0 Å². The number of carbonyl (C=O) groups is 3. The molecular weight excluding hydrogens is 510 g/mol. The summed E-state index contributed by atoms with van der Waals surface area (Å²) < 4.78 is 5.69. The van der Waals surface area contributed by atoms with Crippen LogP contribution in [-0.2, 0) is 20.7 Å². The van der Waals surface area contributed by atoms with Crippen LogP contribution in [-0.4, -0.2) is 34.9 Å². The number of carbonyl (C=O) groups excluding carboxylic acids is 3. The molecule has 0 fully saturated rings. The first-order valence-electron chi connectivity index (χ1n) is 12.9. The molecule has 2 aliphatic rings. The number of allylic oxidation sites excluding steroid dienone is 1. The molecule has 3 heterocycles. The van der Waals surface area contributed by atoms with Crippen LogP contribution in [0.2, 0.25) is 0 Å². The average molecular weight is 538 g/mol. The van der Waals surface area contributed by atoms with E-state index in [0.717, 1.165) is 34.5 Å². The minimum atomic E-state index is -1.15. The number of hydrogen-bond acceptors (Lipinski definition) is 6. The summed E-state index contributed by atoms with van der Waals surface area (Å²) in [6.07, 6.45) is 4.59. The van der Waals surface area contributed by atoms with Crippen molar-refractivity contribution >= 4 is 63.0 Å². The summed E-state index contributed by atoms with van der Waals surface area (Å²) in [4.78, 5) is 47.5. The number of anilines is 2. The lowest BCUT2D eigenvalue weighted by atomic mass is 9.86. The number of amides is 2. The Labute approximate surface area is 230 Å². The molecule has 7 nitrogen and oxygen atoms in total. The first-order chi connectivity index (χ1) is 18.8. The zero-order chi connectivity index (χ0) is 27.1. The highest BCUT2D eigenvalue weighted by Gasteiger charge is 2.43. The molecule has 39 heavy (non-hydrogen) atoms. The number of thiophene rings is 1. The van der Waals surface area contributed by atoms with Gasteiger partial charge in [-0.1, -0.05) is 36.4 Å². The second kappa shape index (κ2) is 9.78. The quantitative estimate of drug-likeness (QED) is 0.318. The predicted octanol–water partition coefficient (Wildman–Crippen LogP) is 6.09. The molecule has 2 aromatic carbocycles. The van der Waals surface area contributed by atoms with E-state index in [4.69, 9.17) is 9.72 Å². The van der Waals surface area contributed by atoms with Crippen LogP contribution in [0.3, 0.4) is 0 Å². The maximum Gasteiger partial charge on any atom is 0.339 e. The Morgan fingerprint density at radius 3 is 2.69 bits per heavy atom. The summed E-state index contributed by atoms with van der Waals surface area (Å²) >= 11 is 1.66. The monoisotopic (exact) mass is 537 g/mol. The summed E-state index contributed by atoms with van der Waals surface area (Å²) in [5, 5.41) is 5.59. The topological polar surface area (TPSA) is 88.6 Å². The van der Waals surface area contributed by atoms with Crippen molar-refractivity contribution < 1.29 is 19.1 Å². The smallest absolute Gasteiger partial charge is 0.339 e. The van der Waals surface area contributed by atoms with Gasteiger partial charge in [0.05, 0.1) is 28.1 Å². The fraction of sp³-hybridized carbons (Fsp3) is 0.226. The summed E-state index contributed by atoms with van der Waals surface area (Å²) in [7, 11) is 0. The summed E-state index contributed by atoms with van der Waals surface area (Å²) in [6.45, 7) is 2.85. The van der Waals surface area contributed by atoms with Gasteiger partial charge in [-0.05, 0) is 80.0 Å². The van der Waals surface area contributed by atoms with Crippen molar-refractivity contribution in [2.24, 2.45) is 0 Å². The van der Waals surface area contributed by atoms with E-state index in [1.165, 1.54) is 4.90 Å². The molecular formula is C31H27N3O4S. The van der Waals surface area contributed by atoms with E-state index in [1.807, 2.05) is 35.7 Å². The average Bonchev–Trinajstić information content (AvgIpc) is 3.44. The summed E-state index contributed by atoms with van der Waals surface area (Å²) in [6, 6.07) is 18.7. The highest BCUT2D eigenvalue weighted by Crippen LogP contribution is 2.38. The largest absolute Gasteiger partial charge is 0.452 e. The van der Waals surface area contributed by atoms with E-state index in [1.54, 1.807) is 49.4 Å². The highest BCUT2D eigenvalue weighted by molar-refractivity contribution is 7.10. The maximum atomic E-state index is 13.7. The Balaban J connectivity index is 1.35. The van der Waals surface area contributed by atoms with Gasteiger partial charge in [-0.3, -0.25) is 14.5 Å². The molecule has 0 unspecified atom stereocenters. The Morgan fingerprint density at radius 2 is 1.87 bits per heavy atom. The van der Waals surface area contributed by atoms with Gasteiger partial charge in [0, 0.05) is 10.3 Å². The van der Waals surface area contributed by atoms with Crippen molar-refractivity contribution in [3.63, 3.8) is 0 Å². The third-order valence-corrected chi connectivity index (χ3v) is 8.14. The van der Waals surface area contributed by atoms with Gasteiger partial charge in [0.1, 0.15) is 5.54 Å². The van der Waals surface area contributed by atoms with E-state index in [2.05, 4.69) is 17.5 Å². The number of aromatic nitrogens is 1. The molecule has 2 aromatic heterocycles. The SMILES string of the molecule is CC1(C)C(=O)Nc2ccccc2N1C(=O)COC(=O)c1c2c(nc3ccccc13)/C(=C/c1cccs1)CCC2. The van der Waals surface area contributed by atoms with E-state index in [0.29, 0.717) is 34.3 Å². The predicted molar refractivity (Wildman–Crippen MR) is 154 cm³/mol. The number of benzene rings is 2. The molecule has 196 valence electrons. The summed E-state index contributed by atoms with van der Waals surface area (Å²) in [5.74, 6) is -1.34. The molecule has 0 saturated carbocycles. The number of nitrogens with zero attached hydrogens (tertiary/aromatic N) is 2. The van der Waals surface area contributed by atoms with Crippen molar-refractivity contribution in [2.45, 2.75) is 38.6 Å². The lowest BCUT2D eigenvalue weighted by molar-refractivity contribution is -0.128. The number of esters is 1. The Morgan fingerprint density at radius 1 is 1.08 bits per heavy atom. The molecule has 0 atom stereocenters. The number of para-hydroxylation sites is 3. The molecule has 1 aliphatic carbocycles. The molecule has 0 radical (unpaired) electrons. The standard InChI is InChI=1S/C31H27N3O4S/c1-31(2)30(37)33-24-14-5-6-15-25(24)34(31)26(35)18-38-29(36)27-21-11-3-4-13-23(21)32-28-19(9-7-12-22(27)28)17-20-10-8-16-39-20/h3-6,8,10-11,13-17H,7,9,12,18H2,1-2H3,(H,33,37)/b19-17+. The Hall–Kier alpha value is -4.30. The lowest BCUT2D eigenvalue weighted by Crippen LogP contribution is -2.59. The van der Waals surface area contributed by atoms with Crippen LogP contribution < -0.4 is 10.2 Å². The molecule has 1 N–H and O–H groups in total. The minimum absolute atomic E-state index is 0.305. The normalized spacial score (nSPS) is 16.9. The fourth-order valence-corrected chi connectivity index (χ4v) is 6.10. The third kappa shape index (κ3) is 4.40. The van der Waals surface area contributed by atoms with Gasteiger partial charge in [-0.15, -0.1) is 11.3 Å². The molecule has 0 bridgehead atoms. The number of ether oxygens (including phenoxy) is 1. The van der Waals surface area contributed by atoms with Gasteiger partial charge in [-0.2, -0.15) is 0 Å². The first kappa shape index (κ1) is 25.0. The minimum Gasteiger partial charge on any atom is -0.452 e. The molecule has 1 aliphatic heterocycles. The van der Waals surface area contributed by atoms with Crippen LogP contribution in [0.15, 0.2) is 66.0 Å². The van der Waals surface area contributed by atoms with Gasteiger partial charge in [0.25, 0.3) is 5.91 Å². The fourth-order valence-electron chi connectivity index (χ4n) is 5.42. The molecule has 8 heteroatoms. The zero-order valence-corrected chi connectivity index (χ0v) is 22.5. The van der Waals surface area contributed by atoms with Crippen LogP contribution in [0.4, 0.5) is 11.4 Å². The van der Waals surface area contributed by atoms with Crippen LogP contribution in [0.25, 0.3) is 22.6 Å². The molecule has 2 amide bonds. The van der Waals surface area contributed by atoms with Gasteiger partial charge >= 0.3 is 5.97 Å². The van der Waals surface area contributed by atoms with Crippen molar-refractivity contribution in [2.75, 3.05) is 16.8 Å². The van der Waals surface area contributed by atoms with E-state index < -0.39 is 24.0 Å². The second-order valence-electron chi connectivity index (χ2n) is 10.2. The molecule has 0 spiro atoms. The number of fused-ring (bicyclic) bond motifs is 3. The highest BCUT2D eigenvalue weighted by atomic mass is 32.1. The van der Waals surface area contributed by atoms with Crippen molar-refractivity contribution in [1.29, 1.82) is 0 Å². The summed E-state index contributed by atoms with van der Waals surface area (Å²) in [5.41, 5.74) is 3.87. The van der Waals surface area contributed by atoms with E-state index >= 15 is 0 Å². The molecule has 6 rings (SSSR count). The van der Waals surface area contributed by atoms with Crippen LogP contribution >= 0.6 is 11.3 Å². The lowest BCUT2D eigenvalue weighted by Gasteiger charge is -2.41. The van der Waals surface area contributed by atoms with Crippen molar-refractivity contribution in [3.05, 3.63) is 87.7 Å². The number of nitrogens with one attached hydrogen (secondary N) is 1. The van der Waals surface area contributed by atoms with Crippen LogP contribution in [0.5, 0.6) is 0 Å². The maximum absolute atomic E-state index is 13.7. The molecule has 4 aromatic rings. The van der Waals surface area contributed by atoms with Gasteiger partial charge in [-0.25, -0.2) is 9.78 Å². The van der Waals surface area contributed by atoms with Crippen LogP contribution in [0.1, 0.15) is 53.2 Å². The van der Waals surface area contributed by atoms with Gasteiger partial charge in [0.15, 0.2) is 6.61 Å². The van der Waals surface area contributed by atoms with Gasteiger partial charge < -0.3 is 10.1 Å². The Kier molecular flexibility index (Phi) is 6.27. The number of hydrogen-bond donors (Lipinski definition) is 1. The Bertz CT molecular complexity index is 1660. The van der Waals surface area contributed by atoms with E-state index in [9.17, 15) is 14.4 Å². The second-order valence-corrected chi connectivity index (χ2v) is 11.2. The van der Waals surface area contributed by atoms with E-state index in [-0.39, 0.29) is 5.91 Å². The van der Waals surface area contributed by atoms with Crippen LogP contribution in [0, 0.1) is 0 Å². The third-order valence-electron chi connectivity index (χ3n) is 7.32. The number of pyridine rings is 1.